The van der Waals surface area contributed by atoms with Gasteiger partial charge in [0.1, 0.15) is 48.8 Å². The number of aromatic carboxylic acids is 1. The topological polar surface area (TPSA) is 353 Å². The predicted molar refractivity (Wildman–Crippen MR) is 359 cm³/mol. The molecule has 7 N–H and O–H groups in total. The summed E-state index contributed by atoms with van der Waals surface area (Å²) in [5.41, 5.74) is 4.69. The van der Waals surface area contributed by atoms with E-state index in [0.29, 0.717) is 85.1 Å². The van der Waals surface area contributed by atoms with Crippen LogP contribution in [0.4, 0.5) is 15.7 Å². The molecule has 0 spiro atoms. The number of fused-ring (bicyclic) bond motifs is 2. The highest BCUT2D eigenvalue weighted by Gasteiger charge is 2.66. The standard InChI is InChI=1S/C71H83N9O18S/c1-42-48(46-18-19-53(75-57(46)63(88)89)78-25-22-43-11-10-12-47(49(43)33-78)62(87)76-66-74-50-13-7-8-14-52(50)99-66)32-73-80(42)41-70-36-68(2)35-69(3,37-70)39-71(38-68,40-70)96-28-26-77(4)67(92)95-34-44-16-17-45(97-65-60(86)58(84)59(85)61(98-65)64(90)91)31-51(44)94-30-29-93-27-23-72-54(81)15-6-5-9-24-79-55(82)20-21-56(79)83/h7-8,10-14,16-21,31-32,58-61,65,84-86H,5-6,9,15,22-30,33-41H2,1-4H3,(H,72,81)(H,88,89)(H,90,91)(H,74,76,87)/t58-,59-,60+,61-,65+,68?,69?,70?,71?/m0/s1. The number of rotatable bonds is 29. The van der Waals surface area contributed by atoms with Crippen LogP contribution >= 0.6 is 11.3 Å². The van der Waals surface area contributed by atoms with Crippen molar-refractivity contribution in [2.24, 2.45) is 16.2 Å². The lowest BCUT2D eigenvalue weighted by molar-refractivity contribution is -0.271. The SMILES string of the molecule is Cc1c(-c2ccc(N3CCc4cccc(C(=O)Nc5nc6ccccc6s5)c4C3)nc2C(=O)O)cnn1CC12CC3(C)CC(C)(C1)CC(OCCN(C)C(=O)OCc1ccc(O[C@@H]4O[C@H](C(=O)O)[C@@H](O)[C@H](O)[C@H]4O)cc1OCCOCCNC(=O)CCCCCN1C(=O)C=CC1=O)(C3)C2. The lowest BCUT2D eigenvalue weighted by Crippen LogP contribution is -2.64. The van der Waals surface area contributed by atoms with E-state index in [1.54, 1.807) is 19.3 Å². The van der Waals surface area contributed by atoms with Crippen molar-refractivity contribution >= 4 is 74.2 Å². The first kappa shape index (κ1) is 70.0. The number of hydrogen-bond acceptors (Lipinski definition) is 21. The fourth-order valence-corrected chi connectivity index (χ4v) is 17.2. The highest BCUT2D eigenvalue weighted by molar-refractivity contribution is 7.22. The van der Waals surface area contributed by atoms with Gasteiger partial charge in [-0.15, -0.1) is 0 Å². The van der Waals surface area contributed by atoms with Crippen molar-refractivity contribution in [1.82, 2.24) is 34.9 Å². The van der Waals surface area contributed by atoms with E-state index in [-0.39, 0.29) is 110 Å². The first-order valence-corrected chi connectivity index (χ1v) is 34.2. The van der Waals surface area contributed by atoms with Crippen LogP contribution in [0.3, 0.4) is 0 Å². The van der Waals surface area contributed by atoms with Crippen molar-refractivity contribution in [3.63, 3.8) is 0 Å². The molecule has 6 aromatic rings. The van der Waals surface area contributed by atoms with Crippen LogP contribution in [-0.4, -0.2) is 193 Å². The number of thiazole rings is 1. The quantitative estimate of drug-likeness (QED) is 0.0183. The number of carbonyl (C=O) groups excluding carboxylic acids is 5. The molecular weight excluding hydrogens is 1300 g/mol. The van der Waals surface area contributed by atoms with Crippen molar-refractivity contribution in [2.45, 2.75) is 147 Å². The van der Waals surface area contributed by atoms with E-state index >= 15 is 0 Å². The molecule has 7 aliphatic rings. The Hall–Kier alpha value is -8.90. The molecule has 3 aromatic heterocycles. The molecular formula is C71H83N9O18S. The summed E-state index contributed by atoms with van der Waals surface area (Å²) >= 11 is 1.41. The maximum atomic E-state index is 13.8. The summed E-state index contributed by atoms with van der Waals surface area (Å²) in [5.74, 6) is -3.22. The average molecular weight is 1380 g/mol. The number of amides is 5. The number of carbonyl (C=O) groups is 7. The summed E-state index contributed by atoms with van der Waals surface area (Å²) in [5, 5.41) is 62.9. The zero-order valence-electron chi connectivity index (χ0n) is 55.7. The number of nitrogens with one attached hydrogen (secondary N) is 2. The molecule has 13 rings (SSSR count). The number of aromatic nitrogens is 4. The molecule has 5 fully saturated rings. The van der Waals surface area contributed by atoms with Crippen LogP contribution < -0.4 is 25.0 Å². The normalized spacial score (nSPS) is 25.2. The van der Waals surface area contributed by atoms with Gasteiger partial charge < -0.3 is 69.1 Å². The average Bonchev–Trinajstić information content (AvgIpc) is 1.02. The molecule has 2 unspecified atom stereocenters. The van der Waals surface area contributed by atoms with E-state index in [4.69, 9.17) is 38.5 Å². The number of nitrogens with zero attached hydrogens (tertiary/aromatic N) is 7. The summed E-state index contributed by atoms with van der Waals surface area (Å²) in [6.45, 7) is 9.03. The summed E-state index contributed by atoms with van der Waals surface area (Å²) < 4.78 is 38.7. The maximum absolute atomic E-state index is 13.8. The van der Waals surface area contributed by atoms with Crippen LogP contribution in [0.2, 0.25) is 0 Å². The number of benzene rings is 3. The Morgan fingerprint density at radius 1 is 0.818 bits per heavy atom. The first-order chi connectivity index (χ1) is 47.4. The summed E-state index contributed by atoms with van der Waals surface area (Å²) in [4.78, 5) is 102. The number of ether oxygens (including phenoxy) is 6. The van der Waals surface area contributed by atoms with Crippen molar-refractivity contribution in [3.8, 4) is 22.6 Å². The van der Waals surface area contributed by atoms with Crippen LogP contribution in [0.1, 0.15) is 121 Å². The minimum atomic E-state index is -1.93. The van der Waals surface area contributed by atoms with Crippen molar-refractivity contribution in [1.29, 1.82) is 0 Å². The van der Waals surface area contributed by atoms with Crippen molar-refractivity contribution < 1.29 is 87.5 Å². The van der Waals surface area contributed by atoms with E-state index < -0.39 is 54.3 Å². The van der Waals surface area contributed by atoms with E-state index in [1.165, 1.54) is 51.5 Å². The molecule has 27 nitrogen and oxygen atoms in total. The van der Waals surface area contributed by atoms with Crippen molar-refractivity contribution in [3.05, 3.63) is 125 Å². The van der Waals surface area contributed by atoms with Crippen LogP contribution in [0, 0.1) is 23.2 Å². The van der Waals surface area contributed by atoms with Crippen LogP contribution in [0.5, 0.6) is 11.5 Å². The fraction of sp³-hybridized carbons (Fsp3) is 0.493. The zero-order chi connectivity index (χ0) is 70.0. The van der Waals surface area contributed by atoms with E-state index in [1.807, 2.05) is 65.0 Å². The second-order valence-electron chi connectivity index (χ2n) is 27.8. The zero-order valence-corrected chi connectivity index (χ0v) is 56.5. The Kier molecular flexibility index (Phi) is 20.6. The number of pyridine rings is 1. The third-order valence-electron chi connectivity index (χ3n) is 19.8. The van der Waals surface area contributed by atoms with Crippen LogP contribution in [-0.2, 0) is 64.2 Å². The summed E-state index contributed by atoms with van der Waals surface area (Å²) in [6, 6.07) is 21.4. The Morgan fingerprint density at radius 2 is 1.60 bits per heavy atom. The van der Waals surface area contributed by atoms with E-state index in [2.05, 4.69) is 29.5 Å². The molecule has 99 heavy (non-hydrogen) atoms. The van der Waals surface area contributed by atoms with Gasteiger partial charge in [-0.2, -0.15) is 5.10 Å². The maximum Gasteiger partial charge on any atom is 0.409 e. The largest absolute Gasteiger partial charge is 0.491 e. The molecule has 3 aliphatic heterocycles. The Balaban J connectivity index is 0.650. The number of carboxylic acid groups (broad SMARTS) is 2. The minimum absolute atomic E-state index is 0.0143. The number of likely N-dealkylation sites (N-methyl/N-ethyl adjacent to an activating group) is 1. The lowest BCUT2D eigenvalue weighted by atomic mass is 9.39. The fourth-order valence-electron chi connectivity index (χ4n) is 16.4. The molecule has 526 valence electrons. The Labute approximate surface area is 575 Å². The van der Waals surface area contributed by atoms with Crippen LogP contribution in [0.25, 0.3) is 21.3 Å². The van der Waals surface area contributed by atoms with Crippen LogP contribution in [0.15, 0.2) is 91.1 Å². The number of carboxylic acids is 2. The van der Waals surface area contributed by atoms with Gasteiger partial charge in [0.2, 0.25) is 12.2 Å². The number of hydrogen-bond donors (Lipinski definition) is 7. The molecule has 5 amide bonds. The molecule has 28 heteroatoms. The molecule has 7 atom stereocenters. The number of aliphatic carboxylic acids is 1. The first-order valence-electron chi connectivity index (χ1n) is 33.4. The van der Waals surface area contributed by atoms with E-state index in [0.717, 1.165) is 65.6 Å². The molecule has 3 aromatic carbocycles. The molecule has 0 radical (unpaired) electrons. The smallest absolute Gasteiger partial charge is 0.409 e. The number of unbranched alkanes of at least 4 members (excludes halogenated alkanes) is 2. The molecule has 4 saturated carbocycles. The molecule has 6 heterocycles. The van der Waals surface area contributed by atoms with E-state index in [9.17, 15) is 59.1 Å². The van der Waals surface area contributed by atoms with Crippen molar-refractivity contribution in [2.75, 3.05) is 69.9 Å². The van der Waals surface area contributed by atoms with Gasteiger partial charge in [-0.3, -0.25) is 34.1 Å². The molecule has 4 bridgehead atoms. The molecule has 1 saturated heterocycles. The lowest BCUT2D eigenvalue weighted by Gasteiger charge is -2.69. The summed E-state index contributed by atoms with van der Waals surface area (Å²) in [6.07, 6.45) is 2.40. The van der Waals surface area contributed by atoms with Gasteiger partial charge >= 0.3 is 18.0 Å². The third-order valence-corrected chi connectivity index (χ3v) is 20.8. The second kappa shape index (κ2) is 29.1. The van der Waals surface area contributed by atoms with Gasteiger partial charge in [0.15, 0.2) is 16.9 Å². The second-order valence-corrected chi connectivity index (χ2v) is 28.9. The van der Waals surface area contributed by atoms with Gasteiger partial charge in [0, 0.05) is 98.9 Å². The number of para-hydroxylation sites is 1. The van der Waals surface area contributed by atoms with Gasteiger partial charge in [-0.05, 0) is 135 Å². The Bertz CT molecular complexity index is 4030. The third kappa shape index (κ3) is 15.6. The van der Waals surface area contributed by atoms with Gasteiger partial charge in [0.25, 0.3) is 17.7 Å². The van der Waals surface area contributed by atoms with Gasteiger partial charge in [0.05, 0.1) is 41.8 Å². The van der Waals surface area contributed by atoms with Gasteiger partial charge in [-0.1, -0.05) is 55.9 Å². The molecule has 4 aliphatic carbocycles. The minimum Gasteiger partial charge on any atom is -0.491 e. The number of aliphatic hydroxyl groups excluding tert-OH is 3. The number of aliphatic hydroxyl groups is 3. The summed E-state index contributed by atoms with van der Waals surface area (Å²) in [7, 11) is 1.62. The van der Waals surface area contributed by atoms with Gasteiger partial charge in [-0.25, -0.2) is 24.4 Å². The highest BCUT2D eigenvalue weighted by atomic mass is 32.1. The monoisotopic (exact) mass is 1380 g/mol. The highest BCUT2D eigenvalue weighted by Crippen LogP contribution is 2.72. The number of anilines is 2. The predicted octanol–water partition coefficient (Wildman–Crippen LogP) is 7.05. The number of imide groups is 1. The Morgan fingerprint density at radius 3 is 2.35 bits per heavy atom.